The highest BCUT2D eigenvalue weighted by Gasteiger charge is 2.08. The number of rotatable bonds is 5. The van der Waals surface area contributed by atoms with Crippen molar-refractivity contribution in [2.75, 3.05) is 11.9 Å². The molecule has 0 spiro atoms. The number of aromatic nitrogens is 5. The van der Waals surface area contributed by atoms with Crippen LogP contribution in [0.2, 0.25) is 0 Å². The summed E-state index contributed by atoms with van der Waals surface area (Å²) in [5, 5.41) is 22.6. The number of hydrogen-bond donors (Lipinski definition) is 2. The van der Waals surface area contributed by atoms with Crippen LogP contribution in [-0.4, -0.2) is 37.5 Å². The lowest BCUT2D eigenvalue weighted by Gasteiger charge is -2.10. The highest BCUT2D eigenvalue weighted by atomic mass is 16.2. The molecule has 2 heterocycles. The lowest BCUT2D eigenvalue weighted by Crippen LogP contribution is -2.31. The molecule has 0 radical (unpaired) electrons. The standard InChI is InChI=1S/C16H19N7O/c1-3-23-10-18-22-15(23)7-8-17-16(24)19-13-5-4-6-14-12(13)9-11(2)20-21-14/h4-6,9-10H,3,7-8H2,1-2H3,(H2,17,19,24). The highest BCUT2D eigenvalue weighted by molar-refractivity contribution is 6.00. The minimum atomic E-state index is -0.264. The van der Waals surface area contributed by atoms with E-state index in [1.807, 2.05) is 42.7 Å². The summed E-state index contributed by atoms with van der Waals surface area (Å²) >= 11 is 0. The maximum atomic E-state index is 12.1. The average molecular weight is 325 g/mol. The van der Waals surface area contributed by atoms with Gasteiger partial charge in [-0.2, -0.15) is 10.2 Å². The monoisotopic (exact) mass is 325 g/mol. The second kappa shape index (κ2) is 7.03. The molecule has 2 amide bonds. The highest BCUT2D eigenvalue weighted by Crippen LogP contribution is 2.21. The Bertz CT molecular complexity index is 859. The van der Waals surface area contributed by atoms with Crippen molar-refractivity contribution in [1.29, 1.82) is 0 Å². The molecule has 0 bridgehead atoms. The molecule has 0 aliphatic heterocycles. The minimum absolute atomic E-state index is 0.264. The van der Waals surface area contributed by atoms with Crippen molar-refractivity contribution in [2.24, 2.45) is 0 Å². The van der Waals surface area contributed by atoms with Gasteiger partial charge in [-0.05, 0) is 32.0 Å². The first-order valence-electron chi connectivity index (χ1n) is 7.82. The van der Waals surface area contributed by atoms with Crippen LogP contribution in [0.5, 0.6) is 0 Å². The minimum Gasteiger partial charge on any atom is -0.337 e. The van der Waals surface area contributed by atoms with Gasteiger partial charge in [0.1, 0.15) is 12.2 Å². The summed E-state index contributed by atoms with van der Waals surface area (Å²) in [4.78, 5) is 12.1. The number of amides is 2. The Balaban J connectivity index is 1.62. The Morgan fingerprint density at radius 3 is 2.96 bits per heavy atom. The third kappa shape index (κ3) is 3.48. The van der Waals surface area contributed by atoms with Crippen LogP contribution in [0.25, 0.3) is 10.9 Å². The summed E-state index contributed by atoms with van der Waals surface area (Å²) in [6, 6.07) is 7.19. The molecule has 24 heavy (non-hydrogen) atoms. The smallest absolute Gasteiger partial charge is 0.319 e. The predicted octanol–water partition coefficient (Wildman–Crippen LogP) is 1.91. The van der Waals surface area contributed by atoms with E-state index in [4.69, 9.17) is 0 Å². The molecule has 0 aliphatic rings. The van der Waals surface area contributed by atoms with E-state index in [1.165, 1.54) is 0 Å². The van der Waals surface area contributed by atoms with Crippen LogP contribution in [0.1, 0.15) is 18.4 Å². The molecule has 1 aromatic carbocycles. The number of carbonyl (C=O) groups excluding carboxylic acids is 1. The topological polar surface area (TPSA) is 97.6 Å². The SMILES string of the molecule is CCn1cnnc1CCNC(=O)Nc1cccc2nnc(C)cc12. The molecule has 0 saturated carbocycles. The second-order valence-corrected chi connectivity index (χ2v) is 5.39. The van der Waals surface area contributed by atoms with E-state index in [9.17, 15) is 4.79 Å². The molecular weight excluding hydrogens is 306 g/mol. The zero-order valence-corrected chi connectivity index (χ0v) is 13.7. The molecule has 0 atom stereocenters. The Labute approximate surface area is 139 Å². The van der Waals surface area contributed by atoms with Gasteiger partial charge in [0, 0.05) is 24.9 Å². The maximum Gasteiger partial charge on any atom is 0.319 e. The van der Waals surface area contributed by atoms with Crippen LogP contribution in [0.4, 0.5) is 10.5 Å². The number of carbonyl (C=O) groups is 1. The van der Waals surface area contributed by atoms with Crippen molar-refractivity contribution >= 4 is 22.6 Å². The molecule has 2 N–H and O–H groups in total. The molecular formula is C16H19N7O. The fourth-order valence-corrected chi connectivity index (χ4v) is 2.46. The summed E-state index contributed by atoms with van der Waals surface area (Å²) in [7, 11) is 0. The summed E-state index contributed by atoms with van der Waals surface area (Å²) in [5.74, 6) is 0.855. The number of nitrogens with one attached hydrogen (secondary N) is 2. The Kier molecular flexibility index (Phi) is 4.64. The molecule has 0 unspecified atom stereocenters. The Morgan fingerprint density at radius 1 is 1.25 bits per heavy atom. The summed E-state index contributed by atoms with van der Waals surface area (Å²) < 4.78 is 1.95. The van der Waals surface area contributed by atoms with Crippen LogP contribution in [0.3, 0.4) is 0 Å². The second-order valence-electron chi connectivity index (χ2n) is 5.39. The van der Waals surface area contributed by atoms with Gasteiger partial charge in [-0.3, -0.25) is 0 Å². The number of benzene rings is 1. The van der Waals surface area contributed by atoms with Gasteiger partial charge in [0.2, 0.25) is 0 Å². The number of anilines is 1. The molecule has 3 aromatic rings. The molecule has 2 aromatic heterocycles. The predicted molar refractivity (Wildman–Crippen MR) is 90.7 cm³/mol. The van der Waals surface area contributed by atoms with Crippen molar-refractivity contribution in [3.63, 3.8) is 0 Å². The van der Waals surface area contributed by atoms with Crippen molar-refractivity contribution in [2.45, 2.75) is 26.8 Å². The number of nitrogens with zero attached hydrogens (tertiary/aromatic N) is 5. The first-order chi connectivity index (χ1) is 11.7. The van der Waals surface area contributed by atoms with E-state index in [0.717, 1.165) is 29.0 Å². The van der Waals surface area contributed by atoms with E-state index in [0.29, 0.717) is 18.7 Å². The van der Waals surface area contributed by atoms with Crippen molar-refractivity contribution in [3.05, 3.63) is 42.1 Å². The Hall–Kier alpha value is -3.03. The molecule has 3 rings (SSSR count). The summed E-state index contributed by atoms with van der Waals surface area (Å²) in [6.45, 7) is 5.19. The number of aryl methyl sites for hydroxylation is 2. The fourth-order valence-electron chi connectivity index (χ4n) is 2.46. The lowest BCUT2D eigenvalue weighted by molar-refractivity contribution is 0.252. The molecule has 0 fully saturated rings. The normalized spacial score (nSPS) is 10.8. The average Bonchev–Trinajstić information content (AvgIpc) is 3.03. The van der Waals surface area contributed by atoms with Gasteiger partial charge in [-0.15, -0.1) is 10.2 Å². The van der Waals surface area contributed by atoms with Crippen LogP contribution in [0, 0.1) is 6.92 Å². The van der Waals surface area contributed by atoms with Gasteiger partial charge in [-0.1, -0.05) is 6.07 Å². The maximum absolute atomic E-state index is 12.1. The van der Waals surface area contributed by atoms with Crippen LogP contribution in [0.15, 0.2) is 30.6 Å². The van der Waals surface area contributed by atoms with Gasteiger partial charge in [0.05, 0.1) is 16.9 Å². The van der Waals surface area contributed by atoms with Crippen LogP contribution in [-0.2, 0) is 13.0 Å². The summed E-state index contributed by atoms with van der Waals surface area (Å²) in [5.41, 5.74) is 2.25. The van der Waals surface area contributed by atoms with Gasteiger partial charge in [-0.25, -0.2) is 4.79 Å². The lowest BCUT2D eigenvalue weighted by atomic mass is 10.2. The van der Waals surface area contributed by atoms with Gasteiger partial charge >= 0.3 is 6.03 Å². The Morgan fingerprint density at radius 2 is 2.12 bits per heavy atom. The zero-order chi connectivity index (χ0) is 16.9. The van der Waals surface area contributed by atoms with E-state index >= 15 is 0 Å². The number of hydrogen-bond acceptors (Lipinski definition) is 5. The largest absolute Gasteiger partial charge is 0.337 e. The zero-order valence-electron chi connectivity index (χ0n) is 13.7. The summed E-state index contributed by atoms with van der Waals surface area (Å²) in [6.07, 6.45) is 2.32. The third-order valence-electron chi connectivity index (χ3n) is 3.67. The van der Waals surface area contributed by atoms with Gasteiger partial charge in [0.15, 0.2) is 0 Å². The first kappa shape index (κ1) is 15.9. The van der Waals surface area contributed by atoms with E-state index in [-0.39, 0.29) is 6.03 Å². The number of urea groups is 1. The van der Waals surface area contributed by atoms with Crippen molar-refractivity contribution < 1.29 is 4.79 Å². The number of fused-ring (bicyclic) bond motifs is 1. The molecule has 8 nitrogen and oxygen atoms in total. The van der Waals surface area contributed by atoms with Crippen LogP contribution >= 0.6 is 0 Å². The first-order valence-corrected chi connectivity index (χ1v) is 7.82. The van der Waals surface area contributed by atoms with E-state index in [2.05, 4.69) is 31.0 Å². The fraction of sp³-hybridized carbons (Fsp3) is 0.312. The van der Waals surface area contributed by atoms with Crippen molar-refractivity contribution in [3.8, 4) is 0 Å². The molecule has 0 aliphatic carbocycles. The molecule has 8 heteroatoms. The molecule has 124 valence electrons. The van der Waals surface area contributed by atoms with E-state index < -0.39 is 0 Å². The van der Waals surface area contributed by atoms with Crippen molar-refractivity contribution in [1.82, 2.24) is 30.3 Å². The third-order valence-corrected chi connectivity index (χ3v) is 3.67. The molecule has 0 saturated heterocycles. The quantitative estimate of drug-likeness (QED) is 0.747. The van der Waals surface area contributed by atoms with E-state index in [1.54, 1.807) is 6.33 Å². The van der Waals surface area contributed by atoms with Gasteiger partial charge in [0.25, 0.3) is 0 Å². The van der Waals surface area contributed by atoms with Gasteiger partial charge < -0.3 is 15.2 Å². The van der Waals surface area contributed by atoms with Crippen LogP contribution < -0.4 is 10.6 Å².